The Kier molecular flexibility index (Phi) is 5.50. The molecule has 0 fully saturated rings. The van der Waals surface area contributed by atoms with Gasteiger partial charge in [-0.15, -0.1) is 0 Å². The molecule has 0 saturated carbocycles. The molecule has 3 nitrogen and oxygen atoms in total. The Balaban J connectivity index is 1.99. The fraction of sp³-hybridized carbons (Fsp3) is 0.222. The highest BCUT2D eigenvalue weighted by molar-refractivity contribution is 9.10. The Morgan fingerprint density at radius 2 is 1.77 bits per heavy atom. The third kappa shape index (κ3) is 4.53. The zero-order valence-corrected chi connectivity index (χ0v) is 14.6. The van der Waals surface area contributed by atoms with E-state index in [0.717, 1.165) is 21.3 Å². The van der Waals surface area contributed by atoms with Gasteiger partial charge in [0.15, 0.2) is 0 Å². The number of hydrogen-bond donors (Lipinski definition) is 1. The summed E-state index contributed by atoms with van der Waals surface area (Å²) in [5.41, 5.74) is 7.85. The molecule has 0 saturated heterocycles. The maximum Gasteiger partial charge on any atom is 0.244 e. The molecule has 1 amide bonds. The number of halogens is 1. The molecule has 2 rings (SSSR count). The van der Waals surface area contributed by atoms with Gasteiger partial charge in [-0.3, -0.25) is 4.79 Å². The summed E-state index contributed by atoms with van der Waals surface area (Å²) in [7, 11) is 0. The van der Waals surface area contributed by atoms with E-state index >= 15 is 0 Å². The lowest BCUT2D eigenvalue weighted by Gasteiger charge is -2.06. The van der Waals surface area contributed by atoms with Crippen LogP contribution in [0.2, 0.25) is 0 Å². The van der Waals surface area contributed by atoms with Gasteiger partial charge >= 0.3 is 0 Å². The molecule has 0 radical (unpaired) electrons. The number of nitrogens with zero attached hydrogens (tertiary/aromatic N) is 1. The van der Waals surface area contributed by atoms with E-state index in [9.17, 15) is 4.79 Å². The minimum atomic E-state index is -0.120. The first-order valence-electron chi connectivity index (χ1n) is 7.11. The Hall–Kier alpha value is -1.94. The third-order valence-corrected chi connectivity index (χ3v) is 4.08. The number of amides is 1. The van der Waals surface area contributed by atoms with E-state index in [1.165, 1.54) is 11.1 Å². The molecular weight excluding hydrogens is 340 g/mol. The van der Waals surface area contributed by atoms with E-state index in [1.807, 2.05) is 37.3 Å². The summed E-state index contributed by atoms with van der Waals surface area (Å²) in [5, 5.41) is 4.19. The minimum Gasteiger partial charge on any atom is -0.273 e. The Labute approximate surface area is 139 Å². The van der Waals surface area contributed by atoms with E-state index in [2.05, 4.69) is 52.4 Å². The summed E-state index contributed by atoms with van der Waals surface area (Å²) >= 11 is 3.38. The fourth-order valence-electron chi connectivity index (χ4n) is 2.00. The number of hydrogen-bond acceptors (Lipinski definition) is 2. The van der Waals surface area contributed by atoms with Crippen molar-refractivity contribution in [3.05, 3.63) is 69.2 Å². The van der Waals surface area contributed by atoms with Crippen molar-refractivity contribution in [2.24, 2.45) is 5.10 Å². The van der Waals surface area contributed by atoms with E-state index in [1.54, 1.807) is 0 Å². The van der Waals surface area contributed by atoms with Gasteiger partial charge in [0.2, 0.25) is 5.91 Å². The molecule has 1 N–H and O–H groups in total. The fourth-order valence-corrected chi connectivity index (χ4v) is 2.27. The minimum absolute atomic E-state index is 0.120. The van der Waals surface area contributed by atoms with Crippen LogP contribution in [0.3, 0.4) is 0 Å². The van der Waals surface area contributed by atoms with Gasteiger partial charge in [-0.2, -0.15) is 5.10 Å². The van der Waals surface area contributed by atoms with Crippen molar-refractivity contribution >= 4 is 27.5 Å². The van der Waals surface area contributed by atoms with Crippen molar-refractivity contribution in [2.45, 2.75) is 27.2 Å². The highest BCUT2D eigenvalue weighted by Crippen LogP contribution is 2.12. The number of hydrazone groups is 1. The summed E-state index contributed by atoms with van der Waals surface area (Å²) in [6, 6.07) is 13.8. The maximum atomic E-state index is 11.9. The quantitative estimate of drug-likeness (QED) is 0.647. The summed E-state index contributed by atoms with van der Waals surface area (Å²) in [6.45, 7) is 6.04. The van der Waals surface area contributed by atoms with Crippen LogP contribution in [-0.2, 0) is 11.2 Å². The van der Waals surface area contributed by atoms with Crippen molar-refractivity contribution in [3.8, 4) is 0 Å². The molecule has 0 bridgehead atoms. The molecule has 2 aromatic rings. The predicted octanol–water partition coefficient (Wildman–Crippen LogP) is 4.15. The van der Waals surface area contributed by atoms with Crippen LogP contribution in [0.15, 0.2) is 52.0 Å². The molecule has 0 spiro atoms. The van der Waals surface area contributed by atoms with Crippen molar-refractivity contribution < 1.29 is 4.79 Å². The Morgan fingerprint density at radius 3 is 2.41 bits per heavy atom. The van der Waals surface area contributed by atoms with Gasteiger partial charge in [-0.05, 0) is 61.2 Å². The third-order valence-electron chi connectivity index (χ3n) is 3.55. The monoisotopic (exact) mass is 358 g/mol. The number of carbonyl (C=O) groups is 1. The van der Waals surface area contributed by atoms with Gasteiger partial charge in [0.05, 0.1) is 12.1 Å². The lowest BCUT2D eigenvalue weighted by Crippen LogP contribution is -2.21. The van der Waals surface area contributed by atoms with Crippen LogP contribution in [0.5, 0.6) is 0 Å². The van der Waals surface area contributed by atoms with E-state index in [-0.39, 0.29) is 5.91 Å². The van der Waals surface area contributed by atoms with Crippen LogP contribution in [-0.4, -0.2) is 11.6 Å². The zero-order chi connectivity index (χ0) is 16.1. The number of carbonyl (C=O) groups excluding carboxylic acids is 1. The van der Waals surface area contributed by atoms with E-state index in [4.69, 9.17) is 0 Å². The summed E-state index contributed by atoms with van der Waals surface area (Å²) < 4.78 is 1.00. The zero-order valence-electron chi connectivity index (χ0n) is 13.0. The van der Waals surface area contributed by atoms with E-state index < -0.39 is 0 Å². The van der Waals surface area contributed by atoms with Crippen molar-refractivity contribution in [1.82, 2.24) is 5.43 Å². The van der Waals surface area contributed by atoms with Gasteiger partial charge in [0.25, 0.3) is 0 Å². The molecule has 0 aliphatic rings. The van der Waals surface area contributed by atoms with Gasteiger partial charge in [-0.1, -0.05) is 40.2 Å². The van der Waals surface area contributed by atoms with Crippen molar-refractivity contribution in [3.63, 3.8) is 0 Å². The number of aryl methyl sites for hydroxylation is 2. The van der Waals surface area contributed by atoms with Crippen LogP contribution < -0.4 is 5.43 Å². The highest BCUT2D eigenvalue weighted by Gasteiger charge is 2.04. The maximum absolute atomic E-state index is 11.9. The molecule has 0 aliphatic carbocycles. The van der Waals surface area contributed by atoms with Gasteiger partial charge in [0, 0.05) is 4.47 Å². The lowest BCUT2D eigenvalue weighted by molar-refractivity contribution is -0.120. The molecule has 114 valence electrons. The molecule has 0 atom stereocenters. The van der Waals surface area contributed by atoms with Gasteiger partial charge in [-0.25, -0.2) is 5.43 Å². The van der Waals surface area contributed by atoms with Crippen LogP contribution >= 0.6 is 15.9 Å². The molecule has 0 unspecified atom stereocenters. The second kappa shape index (κ2) is 7.36. The van der Waals surface area contributed by atoms with Crippen molar-refractivity contribution in [1.29, 1.82) is 0 Å². The van der Waals surface area contributed by atoms with Crippen LogP contribution in [0.25, 0.3) is 0 Å². The smallest absolute Gasteiger partial charge is 0.244 e. The largest absolute Gasteiger partial charge is 0.273 e. The molecule has 22 heavy (non-hydrogen) atoms. The predicted molar refractivity (Wildman–Crippen MR) is 94.1 cm³/mol. The lowest BCUT2D eigenvalue weighted by atomic mass is 10.0. The topological polar surface area (TPSA) is 41.5 Å². The molecule has 2 aromatic carbocycles. The van der Waals surface area contributed by atoms with E-state index in [0.29, 0.717) is 6.42 Å². The number of benzene rings is 2. The van der Waals surface area contributed by atoms with Gasteiger partial charge in [0.1, 0.15) is 0 Å². The summed E-state index contributed by atoms with van der Waals surface area (Å²) in [6.07, 6.45) is 0.316. The normalized spacial score (nSPS) is 11.4. The standard InChI is InChI=1S/C18H19BrN2O/c1-12-4-7-16(10-13(12)2)14(3)20-21-18(22)11-15-5-8-17(19)9-6-15/h4-10H,11H2,1-3H3,(H,21,22)/b20-14-. The number of nitrogens with one attached hydrogen (secondary N) is 1. The summed E-state index contributed by atoms with van der Waals surface area (Å²) in [5.74, 6) is -0.120. The SMILES string of the molecule is C/C(=N/NC(=O)Cc1ccc(Br)cc1)c1ccc(C)c(C)c1. The average molecular weight is 359 g/mol. The van der Waals surface area contributed by atoms with Gasteiger partial charge < -0.3 is 0 Å². The number of rotatable bonds is 4. The first-order chi connectivity index (χ1) is 10.5. The second-order valence-corrected chi connectivity index (χ2v) is 6.25. The average Bonchev–Trinajstić information content (AvgIpc) is 2.50. The highest BCUT2D eigenvalue weighted by atomic mass is 79.9. The van der Waals surface area contributed by atoms with Crippen LogP contribution in [0.4, 0.5) is 0 Å². The summed E-state index contributed by atoms with van der Waals surface area (Å²) in [4.78, 5) is 11.9. The Morgan fingerprint density at radius 1 is 1.09 bits per heavy atom. The molecular formula is C18H19BrN2O. The molecule has 0 aromatic heterocycles. The van der Waals surface area contributed by atoms with Crippen molar-refractivity contribution in [2.75, 3.05) is 0 Å². The molecule has 4 heteroatoms. The molecule has 0 aliphatic heterocycles. The Bertz CT molecular complexity index is 706. The first-order valence-corrected chi connectivity index (χ1v) is 7.90. The van der Waals surface area contributed by atoms with Crippen LogP contribution in [0, 0.1) is 13.8 Å². The van der Waals surface area contributed by atoms with Crippen LogP contribution in [0.1, 0.15) is 29.2 Å². The second-order valence-electron chi connectivity index (χ2n) is 5.33. The first kappa shape index (κ1) is 16.4. The molecule has 0 heterocycles.